The Bertz CT molecular complexity index is 1120. The highest BCUT2D eigenvalue weighted by atomic mass is 35.5. The third-order valence-electron chi connectivity index (χ3n) is 4.72. The van der Waals surface area contributed by atoms with E-state index < -0.39 is 11.9 Å². The van der Waals surface area contributed by atoms with Crippen molar-refractivity contribution in [2.45, 2.75) is 26.6 Å². The van der Waals surface area contributed by atoms with Crippen LogP contribution in [0, 0.1) is 0 Å². The van der Waals surface area contributed by atoms with Gasteiger partial charge in [-0.05, 0) is 47.5 Å². The molecule has 0 aromatic heterocycles. The Balaban J connectivity index is 0.000000784. The summed E-state index contributed by atoms with van der Waals surface area (Å²) in [6, 6.07) is 18.1. The van der Waals surface area contributed by atoms with Gasteiger partial charge in [-0.15, -0.1) is 0 Å². The summed E-state index contributed by atoms with van der Waals surface area (Å²) in [7, 11) is 3.22. The Kier molecular flexibility index (Phi) is 10.7. The first-order chi connectivity index (χ1) is 16.8. The average Bonchev–Trinajstić information content (AvgIpc) is 2.87. The molecule has 0 saturated heterocycles. The molecule has 0 atom stereocenters. The largest absolute Gasteiger partial charge is 0.497 e. The lowest BCUT2D eigenvalue weighted by Gasteiger charge is -2.16. The number of methoxy groups -OCH3 is 2. The van der Waals surface area contributed by atoms with Crippen LogP contribution in [0.15, 0.2) is 60.7 Å². The molecule has 3 aromatic carbocycles. The number of nitrogens with two attached hydrogens (primary N) is 1. The van der Waals surface area contributed by atoms with Crippen LogP contribution in [0.25, 0.3) is 0 Å². The van der Waals surface area contributed by atoms with Crippen LogP contribution in [-0.4, -0.2) is 31.2 Å². The SMILES string of the molecule is CCC(=O)O.COc1ccc(COc2ccc(C(N)=O)c(Cl)c2OCc2ccc(OC)cc2)cc1. The van der Waals surface area contributed by atoms with Gasteiger partial charge in [0, 0.05) is 6.42 Å². The zero-order valence-electron chi connectivity index (χ0n) is 19.7. The van der Waals surface area contributed by atoms with Gasteiger partial charge >= 0.3 is 5.97 Å². The van der Waals surface area contributed by atoms with Gasteiger partial charge in [0.1, 0.15) is 24.7 Å². The number of aliphatic carboxylic acids is 1. The maximum atomic E-state index is 11.7. The van der Waals surface area contributed by atoms with Crippen molar-refractivity contribution in [1.29, 1.82) is 0 Å². The predicted octanol–water partition coefficient (Wildman–Crippen LogP) is 5.10. The standard InChI is InChI=1S/C23H22ClNO5.C3H6O2/c1-27-17-7-3-15(4-8-17)13-29-20-12-11-19(23(25)26)21(24)22(20)30-14-16-5-9-18(28-2)10-6-16;1-2-3(4)5/h3-12H,13-14H2,1-2H3,(H2,25,26);2H2,1H3,(H,4,5). The Hall–Kier alpha value is -3.91. The molecule has 1 amide bonds. The summed E-state index contributed by atoms with van der Waals surface area (Å²) in [6.07, 6.45) is 0.222. The van der Waals surface area contributed by atoms with E-state index in [1.807, 2.05) is 48.5 Å². The van der Waals surface area contributed by atoms with Gasteiger partial charge in [0.2, 0.25) is 5.91 Å². The lowest BCUT2D eigenvalue weighted by molar-refractivity contribution is -0.136. The highest BCUT2D eigenvalue weighted by molar-refractivity contribution is 6.35. The van der Waals surface area contributed by atoms with E-state index in [-0.39, 0.29) is 36.0 Å². The van der Waals surface area contributed by atoms with Crippen molar-refractivity contribution >= 4 is 23.5 Å². The summed E-state index contributed by atoms with van der Waals surface area (Å²) in [5.74, 6) is 0.791. The molecule has 0 saturated carbocycles. The van der Waals surface area contributed by atoms with Crippen LogP contribution >= 0.6 is 11.6 Å². The molecule has 35 heavy (non-hydrogen) atoms. The molecule has 3 rings (SSSR count). The normalized spacial score (nSPS) is 9.94. The molecule has 0 aliphatic rings. The van der Waals surface area contributed by atoms with Gasteiger partial charge in [-0.2, -0.15) is 0 Å². The number of primary amides is 1. The number of hydrogen-bond donors (Lipinski definition) is 2. The van der Waals surface area contributed by atoms with E-state index in [2.05, 4.69) is 0 Å². The number of carboxylic acids is 1. The molecule has 8 nitrogen and oxygen atoms in total. The first-order valence-electron chi connectivity index (χ1n) is 10.6. The molecule has 9 heteroatoms. The summed E-state index contributed by atoms with van der Waals surface area (Å²) in [5, 5.41) is 7.84. The molecule has 186 valence electrons. The second-order valence-corrected chi connectivity index (χ2v) is 7.52. The molecule has 0 radical (unpaired) electrons. The van der Waals surface area contributed by atoms with Crippen molar-refractivity contribution in [1.82, 2.24) is 0 Å². The number of carbonyl (C=O) groups is 2. The van der Waals surface area contributed by atoms with Crippen LogP contribution in [0.5, 0.6) is 23.0 Å². The van der Waals surface area contributed by atoms with Gasteiger partial charge in [-0.25, -0.2) is 0 Å². The quantitative estimate of drug-likeness (QED) is 0.397. The van der Waals surface area contributed by atoms with Gasteiger partial charge in [0.25, 0.3) is 0 Å². The van der Waals surface area contributed by atoms with E-state index in [0.29, 0.717) is 5.75 Å². The Morgan fingerprint density at radius 3 is 1.69 bits per heavy atom. The van der Waals surface area contributed by atoms with E-state index >= 15 is 0 Å². The number of carbonyl (C=O) groups excluding carboxylic acids is 1. The van der Waals surface area contributed by atoms with E-state index in [1.165, 1.54) is 6.07 Å². The number of halogens is 1. The summed E-state index contributed by atoms with van der Waals surface area (Å²) in [5.41, 5.74) is 7.42. The molecule has 0 fully saturated rings. The van der Waals surface area contributed by atoms with E-state index in [1.54, 1.807) is 27.2 Å². The topological polar surface area (TPSA) is 117 Å². The molecular formula is C26H28ClNO7. The van der Waals surface area contributed by atoms with Gasteiger partial charge < -0.3 is 29.8 Å². The molecule has 3 aromatic rings. The van der Waals surface area contributed by atoms with Gasteiger partial charge in [0.05, 0.1) is 24.8 Å². The average molecular weight is 502 g/mol. The Labute approximate surface area is 209 Å². The van der Waals surface area contributed by atoms with E-state index in [4.69, 9.17) is 41.4 Å². The highest BCUT2D eigenvalue weighted by Crippen LogP contribution is 2.38. The van der Waals surface area contributed by atoms with Crippen LogP contribution in [0.4, 0.5) is 0 Å². The molecule has 0 aliphatic heterocycles. The molecular weight excluding hydrogens is 474 g/mol. The molecule has 0 bridgehead atoms. The first kappa shape index (κ1) is 27.3. The monoisotopic (exact) mass is 501 g/mol. The minimum absolute atomic E-state index is 0.114. The summed E-state index contributed by atoms with van der Waals surface area (Å²) >= 11 is 6.40. The maximum Gasteiger partial charge on any atom is 0.303 e. The van der Waals surface area contributed by atoms with Crippen LogP contribution in [0.2, 0.25) is 5.02 Å². The number of rotatable bonds is 10. The minimum Gasteiger partial charge on any atom is -0.497 e. The fourth-order valence-corrected chi connectivity index (χ4v) is 3.04. The second-order valence-electron chi connectivity index (χ2n) is 7.14. The van der Waals surface area contributed by atoms with Crippen LogP contribution in [0.1, 0.15) is 34.8 Å². The first-order valence-corrected chi connectivity index (χ1v) is 11.0. The zero-order chi connectivity index (χ0) is 25.8. The highest BCUT2D eigenvalue weighted by Gasteiger charge is 2.18. The van der Waals surface area contributed by atoms with Gasteiger partial charge in [-0.3, -0.25) is 9.59 Å². The predicted molar refractivity (Wildman–Crippen MR) is 133 cm³/mol. The lowest BCUT2D eigenvalue weighted by Crippen LogP contribution is -2.12. The second kappa shape index (κ2) is 13.7. The lowest BCUT2D eigenvalue weighted by atomic mass is 10.1. The van der Waals surface area contributed by atoms with Crippen LogP contribution < -0.4 is 24.7 Å². The zero-order valence-corrected chi connectivity index (χ0v) is 20.5. The third-order valence-corrected chi connectivity index (χ3v) is 5.10. The number of amides is 1. The van der Waals surface area contributed by atoms with Gasteiger partial charge in [-0.1, -0.05) is 42.8 Å². The number of carboxylic acid groups (broad SMARTS) is 1. The Morgan fingerprint density at radius 1 is 0.829 bits per heavy atom. The third kappa shape index (κ3) is 8.42. The van der Waals surface area contributed by atoms with E-state index in [0.717, 1.165) is 22.6 Å². The summed E-state index contributed by atoms with van der Waals surface area (Å²) < 4.78 is 22.2. The van der Waals surface area contributed by atoms with Crippen LogP contribution in [0.3, 0.4) is 0 Å². The smallest absolute Gasteiger partial charge is 0.303 e. The maximum absolute atomic E-state index is 11.7. The summed E-state index contributed by atoms with van der Waals surface area (Å²) in [6.45, 7) is 2.11. The molecule has 0 spiro atoms. The molecule has 0 aliphatic carbocycles. The minimum atomic E-state index is -0.745. The van der Waals surface area contributed by atoms with E-state index in [9.17, 15) is 9.59 Å². The number of hydrogen-bond acceptors (Lipinski definition) is 6. The van der Waals surface area contributed by atoms with Crippen molar-refractivity contribution in [2.75, 3.05) is 14.2 Å². The van der Waals surface area contributed by atoms with Crippen molar-refractivity contribution < 1.29 is 33.6 Å². The molecule has 0 heterocycles. The fourth-order valence-electron chi connectivity index (χ4n) is 2.74. The van der Waals surface area contributed by atoms with Crippen molar-refractivity contribution in [2.24, 2.45) is 5.73 Å². The van der Waals surface area contributed by atoms with Crippen molar-refractivity contribution in [3.05, 3.63) is 82.4 Å². The van der Waals surface area contributed by atoms with Crippen LogP contribution in [-0.2, 0) is 18.0 Å². The fraction of sp³-hybridized carbons (Fsp3) is 0.231. The number of benzene rings is 3. The Morgan fingerprint density at radius 2 is 1.29 bits per heavy atom. The molecule has 3 N–H and O–H groups in total. The van der Waals surface area contributed by atoms with Crippen molar-refractivity contribution in [3.8, 4) is 23.0 Å². The van der Waals surface area contributed by atoms with Gasteiger partial charge in [0.15, 0.2) is 11.5 Å². The number of ether oxygens (including phenoxy) is 4. The summed E-state index contributed by atoms with van der Waals surface area (Å²) in [4.78, 5) is 21.1. The van der Waals surface area contributed by atoms with Crippen molar-refractivity contribution in [3.63, 3.8) is 0 Å². The molecule has 0 unspecified atom stereocenters.